The predicted octanol–water partition coefficient (Wildman–Crippen LogP) is 2.91. The molecular formula is C16H22FN5O. The van der Waals surface area contributed by atoms with E-state index in [1.54, 1.807) is 6.92 Å². The summed E-state index contributed by atoms with van der Waals surface area (Å²) in [5.74, 6) is 0.578. The number of rotatable bonds is 5. The van der Waals surface area contributed by atoms with Crippen LogP contribution in [0.3, 0.4) is 0 Å². The number of nitriles is 1. The van der Waals surface area contributed by atoms with Gasteiger partial charge in [0.05, 0.1) is 17.7 Å². The van der Waals surface area contributed by atoms with Crippen LogP contribution in [0.2, 0.25) is 0 Å². The van der Waals surface area contributed by atoms with E-state index >= 15 is 0 Å². The number of hydrogen-bond acceptors (Lipinski definition) is 5. The third-order valence-electron chi connectivity index (χ3n) is 3.83. The van der Waals surface area contributed by atoms with Gasteiger partial charge in [0, 0.05) is 12.2 Å². The fraction of sp³-hybridized carbons (Fsp3) is 0.562. The lowest BCUT2D eigenvalue weighted by Gasteiger charge is -2.23. The molecule has 2 aromatic rings. The predicted molar refractivity (Wildman–Crippen MR) is 85.4 cm³/mol. The lowest BCUT2D eigenvalue weighted by molar-refractivity contribution is -0.0765. The van der Waals surface area contributed by atoms with Gasteiger partial charge in [-0.3, -0.25) is 0 Å². The smallest absolute Gasteiger partial charge is 0.196 e. The molecule has 23 heavy (non-hydrogen) atoms. The molecule has 0 amide bonds. The third kappa shape index (κ3) is 3.19. The molecule has 6 nitrogen and oxygen atoms in total. The molecule has 2 aromatic heterocycles. The summed E-state index contributed by atoms with van der Waals surface area (Å²) in [6.07, 6.45) is -0.407. The Hall–Kier alpha value is -2.04. The second-order valence-corrected chi connectivity index (χ2v) is 5.92. The summed E-state index contributed by atoms with van der Waals surface area (Å²) in [7, 11) is 0. The first-order valence-corrected chi connectivity index (χ1v) is 7.60. The standard InChI is InChI=1S/C16H22FN5O/c1-8(2)22-15(13(19)10(4)23-11(5)17)21-14-9(3)12(6-18)7-20-16(14)22/h7-8,10-11,13H,19H2,1-5H3/t10-,11?,13+/m1/s1. The van der Waals surface area contributed by atoms with Gasteiger partial charge in [0.25, 0.3) is 0 Å². The molecule has 0 radical (unpaired) electrons. The number of aromatic nitrogens is 3. The monoisotopic (exact) mass is 319 g/mol. The highest BCUT2D eigenvalue weighted by molar-refractivity contribution is 5.78. The molecule has 0 saturated heterocycles. The number of aryl methyl sites for hydroxylation is 1. The topological polar surface area (TPSA) is 89.8 Å². The van der Waals surface area contributed by atoms with E-state index < -0.39 is 18.5 Å². The summed E-state index contributed by atoms with van der Waals surface area (Å²) >= 11 is 0. The van der Waals surface area contributed by atoms with Gasteiger partial charge in [-0.2, -0.15) is 5.26 Å². The van der Waals surface area contributed by atoms with Crippen molar-refractivity contribution in [2.75, 3.05) is 0 Å². The van der Waals surface area contributed by atoms with Gasteiger partial charge in [0.2, 0.25) is 0 Å². The molecule has 0 saturated carbocycles. The van der Waals surface area contributed by atoms with Crippen molar-refractivity contribution in [3.05, 3.63) is 23.1 Å². The first-order chi connectivity index (χ1) is 10.8. The lowest BCUT2D eigenvalue weighted by Crippen LogP contribution is -2.31. The second-order valence-electron chi connectivity index (χ2n) is 5.92. The molecule has 0 aliphatic rings. The lowest BCUT2D eigenvalue weighted by atomic mass is 10.1. The quantitative estimate of drug-likeness (QED) is 0.915. The van der Waals surface area contributed by atoms with Crippen molar-refractivity contribution in [2.45, 2.75) is 59.2 Å². The summed E-state index contributed by atoms with van der Waals surface area (Å²) in [6, 6.07) is 1.57. The zero-order valence-electron chi connectivity index (χ0n) is 14.0. The van der Waals surface area contributed by atoms with Gasteiger partial charge >= 0.3 is 0 Å². The second kappa shape index (κ2) is 6.60. The van der Waals surface area contributed by atoms with E-state index in [1.165, 1.54) is 13.1 Å². The zero-order chi connectivity index (χ0) is 17.3. The Balaban J connectivity index is 2.61. The van der Waals surface area contributed by atoms with E-state index in [4.69, 9.17) is 15.7 Å². The highest BCUT2D eigenvalue weighted by atomic mass is 19.1. The van der Waals surface area contributed by atoms with Crippen LogP contribution in [0.4, 0.5) is 4.39 Å². The van der Waals surface area contributed by atoms with Crippen molar-refractivity contribution in [1.82, 2.24) is 14.5 Å². The molecule has 0 spiro atoms. The number of alkyl halides is 1. The van der Waals surface area contributed by atoms with Crippen molar-refractivity contribution in [3.63, 3.8) is 0 Å². The molecule has 2 N–H and O–H groups in total. The van der Waals surface area contributed by atoms with Gasteiger partial charge in [-0.05, 0) is 40.2 Å². The number of pyridine rings is 1. The Bertz CT molecular complexity index is 747. The van der Waals surface area contributed by atoms with Crippen molar-refractivity contribution in [2.24, 2.45) is 5.73 Å². The zero-order valence-corrected chi connectivity index (χ0v) is 14.0. The van der Waals surface area contributed by atoms with E-state index in [-0.39, 0.29) is 6.04 Å². The van der Waals surface area contributed by atoms with E-state index in [0.717, 1.165) is 5.56 Å². The molecular weight excluding hydrogens is 297 g/mol. The molecule has 7 heteroatoms. The first-order valence-electron chi connectivity index (χ1n) is 7.60. The van der Waals surface area contributed by atoms with Crippen LogP contribution in [0, 0.1) is 18.3 Å². The maximum Gasteiger partial charge on any atom is 0.196 e. The fourth-order valence-corrected chi connectivity index (χ4v) is 2.61. The minimum atomic E-state index is -1.40. The Morgan fingerprint density at radius 2 is 2.00 bits per heavy atom. The maximum atomic E-state index is 13.1. The number of ether oxygens (including phenoxy) is 1. The summed E-state index contributed by atoms with van der Waals surface area (Å²) in [6.45, 7) is 8.86. The Labute approximate surface area is 135 Å². The normalized spacial score (nSPS) is 15.6. The van der Waals surface area contributed by atoms with Crippen molar-refractivity contribution < 1.29 is 9.13 Å². The van der Waals surface area contributed by atoms with Crippen LogP contribution >= 0.6 is 0 Å². The van der Waals surface area contributed by atoms with E-state index in [0.29, 0.717) is 22.6 Å². The van der Waals surface area contributed by atoms with Crippen molar-refractivity contribution in [1.29, 1.82) is 5.26 Å². The number of fused-ring (bicyclic) bond motifs is 1. The van der Waals surface area contributed by atoms with Crippen molar-refractivity contribution >= 4 is 11.2 Å². The highest BCUT2D eigenvalue weighted by Crippen LogP contribution is 2.28. The summed E-state index contributed by atoms with van der Waals surface area (Å²) in [5, 5.41) is 9.15. The average molecular weight is 319 g/mol. The van der Waals surface area contributed by atoms with Crippen molar-refractivity contribution in [3.8, 4) is 6.07 Å². The van der Waals surface area contributed by atoms with Gasteiger partial charge in [0.1, 0.15) is 17.4 Å². The molecule has 124 valence electrons. The van der Waals surface area contributed by atoms with Gasteiger partial charge < -0.3 is 15.0 Å². The SMILES string of the molecule is Cc1c(C#N)cnc2c1nc([C@@H](N)[C@@H](C)OC(C)F)n2C(C)C. The fourth-order valence-electron chi connectivity index (χ4n) is 2.61. The first kappa shape index (κ1) is 17.3. The number of imidazole rings is 1. The van der Waals surface area contributed by atoms with Gasteiger partial charge in [0.15, 0.2) is 12.0 Å². The Morgan fingerprint density at radius 1 is 1.35 bits per heavy atom. The largest absolute Gasteiger partial charge is 0.343 e. The van der Waals surface area contributed by atoms with Crippen LogP contribution in [0.15, 0.2) is 6.20 Å². The van der Waals surface area contributed by atoms with Gasteiger partial charge in [-0.1, -0.05) is 0 Å². The molecule has 2 heterocycles. The molecule has 0 aliphatic heterocycles. The van der Waals surface area contributed by atoms with Crippen LogP contribution < -0.4 is 5.73 Å². The van der Waals surface area contributed by atoms with E-state index in [2.05, 4.69) is 16.0 Å². The molecule has 0 aromatic carbocycles. The molecule has 0 aliphatic carbocycles. The molecule has 0 fully saturated rings. The minimum Gasteiger partial charge on any atom is -0.343 e. The minimum absolute atomic E-state index is 0.0656. The number of nitrogens with zero attached hydrogens (tertiary/aromatic N) is 4. The van der Waals surface area contributed by atoms with Gasteiger partial charge in [-0.25, -0.2) is 14.4 Å². The molecule has 2 rings (SSSR count). The summed E-state index contributed by atoms with van der Waals surface area (Å²) in [4.78, 5) is 8.96. The Morgan fingerprint density at radius 3 is 2.52 bits per heavy atom. The van der Waals surface area contributed by atoms with E-state index in [9.17, 15) is 4.39 Å². The third-order valence-corrected chi connectivity index (χ3v) is 3.83. The van der Waals surface area contributed by atoms with E-state index in [1.807, 2.05) is 25.3 Å². The van der Waals surface area contributed by atoms with Crippen LogP contribution in [0.5, 0.6) is 0 Å². The highest BCUT2D eigenvalue weighted by Gasteiger charge is 2.26. The van der Waals surface area contributed by atoms with Gasteiger partial charge in [-0.15, -0.1) is 0 Å². The summed E-state index contributed by atoms with van der Waals surface area (Å²) in [5.41, 5.74) is 8.79. The Kier molecular flexibility index (Phi) is 4.97. The molecule has 1 unspecified atom stereocenters. The average Bonchev–Trinajstić information content (AvgIpc) is 2.86. The molecule has 0 bridgehead atoms. The summed E-state index contributed by atoms with van der Waals surface area (Å²) < 4.78 is 20.2. The van der Waals surface area contributed by atoms with Crippen LogP contribution in [-0.4, -0.2) is 27.0 Å². The maximum absolute atomic E-state index is 13.1. The number of hydrogen-bond donors (Lipinski definition) is 1. The van der Waals surface area contributed by atoms with Crippen LogP contribution in [0.1, 0.15) is 56.7 Å². The number of nitrogens with two attached hydrogens (primary N) is 1. The number of halogens is 1. The van der Waals surface area contributed by atoms with Crippen LogP contribution in [-0.2, 0) is 4.74 Å². The molecule has 3 atom stereocenters. The van der Waals surface area contributed by atoms with Crippen LogP contribution in [0.25, 0.3) is 11.2 Å².